The fraction of sp³-hybridized carbons (Fsp3) is 0.273. The molecule has 1 aliphatic carbocycles. The second kappa shape index (κ2) is 10.6. The van der Waals surface area contributed by atoms with E-state index in [1.807, 2.05) is 0 Å². The predicted octanol–water partition coefficient (Wildman–Crippen LogP) is 7.13. The number of nitrogens with one attached hydrogen (secondary N) is 1. The number of nitriles is 1. The Morgan fingerprint density at radius 1 is 1.21 bits per heavy atom. The van der Waals surface area contributed by atoms with Crippen molar-refractivity contribution in [1.29, 1.82) is 5.26 Å². The smallest absolute Gasteiger partial charge is 0.425 e. The number of carbonyl (C=O) groups excluding carboxylic acids is 1. The largest absolute Gasteiger partial charge is 0.434 e. The minimum atomic E-state index is -5.01. The van der Waals surface area contributed by atoms with E-state index in [0.717, 1.165) is 9.36 Å². The average molecular weight is 663 g/mol. The first-order valence-electron chi connectivity index (χ1n) is 10.6. The molecule has 3 aromatic rings. The molecular formula is C22H13Cl6F3N6O2. The van der Waals surface area contributed by atoms with Crippen LogP contribution in [0.25, 0.3) is 16.9 Å². The SMILES string of the molecule is Cn1nc(OC(Cl)(Cl)C(Cl)=C(Cl)Cl)c(C(F)(F)F)c1-n1cc(-c2ccc(Cl)c(C(=O)NC3(C#N)CC3)c2)cn1. The van der Waals surface area contributed by atoms with E-state index in [-0.39, 0.29) is 10.6 Å². The molecule has 0 saturated heterocycles. The van der Waals surface area contributed by atoms with Crippen molar-refractivity contribution in [1.82, 2.24) is 24.9 Å². The number of aromatic nitrogens is 4. The van der Waals surface area contributed by atoms with Crippen LogP contribution < -0.4 is 10.1 Å². The lowest BCUT2D eigenvalue weighted by Crippen LogP contribution is -2.35. The first-order valence-corrected chi connectivity index (χ1v) is 12.9. The van der Waals surface area contributed by atoms with Gasteiger partial charge in [-0.2, -0.15) is 23.5 Å². The van der Waals surface area contributed by atoms with Crippen molar-refractivity contribution >= 4 is 75.5 Å². The molecule has 17 heteroatoms. The first-order chi connectivity index (χ1) is 18.1. The van der Waals surface area contributed by atoms with E-state index in [2.05, 4.69) is 21.6 Å². The van der Waals surface area contributed by atoms with Gasteiger partial charge in [-0.15, -0.1) is 5.10 Å². The summed E-state index contributed by atoms with van der Waals surface area (Å²) in [5, 5.41) is 19.1. The van der Waals surface area contributed by atoms with Crippen LogP contribution >= 0.6 is 69.6 Å². The van der Waals surface area contributed by atoms with Gasteiger partial charge in [0.05, 0.1) is 22.9 Å². The molecule has 8 nitrogen and oxygen atoms in total. The van der Waals surface area contributed by atoms with Crippen molar-refractivity contribution in [2.24, 2.45) is 7.05 Å². The Labute approximate surface area is 248 Å². The number of benzene rings is 1. The average Bonchev–Trinajstić information content (AvgIpc) is 3.29. The minimum Gasteiger partial charge on any atom is -0.434 e. The maximum atomic E-state index is 14.2. The van der Waals surface area contributed by atoms with Crippen LogP contribution in [0.4, 0.5) is 13.2 Å². The summed E-state index contributed by atoms with van der Waals surface area (Å²) in [6.45, 7) is 0. The Morgan fingerprint density at radius 2 is 1.87 bits per heavy atom. The Kier molecular flexibility index (Phi) is 8.04. The number of hydrogen-bond donors (Lipinski definition) is 1. The lowest BCUT2D eigenvalue weighted by Gasteiger charge is -2.20. The number of amides is 1. The van der Waals surface area contributed by atoms with E-state index in [4.69, 9.17) is 74.3 Å². The zero-order chi connectivity index (χ0) is 28.9. The van der Waals surface area contributed by atoms with Gasteiger partial charge < -0.3 is 10.1 Å². The number of ether oxygens (including phenoxy) is 1. The van der Waals surface area contributed by atoms with Gasteiger partial charge in [0.25, 0.3) is 16.3 Å². The molecule has 39 heavy (non-hydrogen) atoms. The molecule has 4 rings (SSSR count). The van der Waals surface area contributed by atoms with Gasteiger partial charge in [0.15, 0.2) is 11.4 Å². The summed E-state index contributed by atoms with van der Waals surface area (Å²) in [6.07, 6.45) is -1.42. The molecule has 1 saturated carbocycles. The number of alkyl halides is 5. The third-order valence-electron chi connectivity index (χ3n) is 5.58. The van der Waals surface area contributed by atoms with Crippen LogP contribution in [0, 0.1) is 11.3 Å². The topological polar surface area (TPSA) is 97.8 Å². The summed E-state index contributed by atoms with van der Waals surface area (Å²) < 4.78 is 46.2. The molecule has 0 radical (unpaired) electrons. The van der Waals surface area contributed by atoms with E-state index in [0.29, 0.717) is 24.0 Å². The second-order valence-corrected chi connectivity index (χ2v) is 11.3. The highest BCUT2D eigenvalue weighted by Crippen LogP contribution is 2.45. The van der Waals surface area contributed by atoms with Gasteiger partial charge in [-0.05, 0) is 30.5 Å². The van der Waals surface area contributed by atoms with Crippen LogP contribution in [0.3, 0.4) is 0 Å². The fourth-order valence-corrected chi connectivity index (χ4v) is 4.53. The molecule has 1 fully saturated rings. The number of rotatable bonds is 7. The maximum absolute atomic E-state index is 14.2. The van der Waals surface area contributed by atoms with Crippen molar-refractivity contribution in [2.75, 3.05) is 0 Å². The second-order valence-electron chi connectivity index (χ2n) is 8.33. The normalized spacial score (nSPS) is 14.5. The Hall–Kier alpha value is -2.33. The lowest BCUT2D eigenvalue weighted by atomic mass is 10.1. The van der Waals surface area contributed by atoms with Crippen molar-refractivity contribution in [3.05, 3.63) is 56.3 Å². The van der Waals surface area contributed by atoms with Gasteiger partial charge in [-0.3, -0.25) is 4.79 Å². The summed E-state index contributed by atoms with van der Waals surface area (Å²) >= 11 is 34.9. The molecule has 0 atom stereocenters. The molecule has 1 N–H and O–H groups in total. The van der Waals surface area contributed by atoms with E-state index < -0.39 is 48.9 Å². The summed E-state index contributed by atoms with van der Waals surface area (Å²) in [4.78, 5) is 12.7. The molecular weight excluding hydrogens is 650 g/mol. The van der Waals surface area contributed by atoms with Crippen LogP contribution in [0.15, 0.2) is 40.1 Å². The van der Waals surface area contributed by atoms with E-state index in [1.165, 1.54) is 31.6 Å². The summed E-state index contributed by atoms with van der Waals surface area (Å²) in [5.41, 5.74) is -1.46. The van der Waals surface area contributed by atoms with E-state index in [1.54, 1.807) is 6.07 Å². The minimum absolute atomic E-state index is 0.0825. The Balaban J connectivity index is 1.73. The van der Waals surface area contributed by atoms with Crippen molar-refractivity contribution in [2.45, 2.75) is 29.1 Å². The molecule has 2 heterocycles. The van der Waals surface area contributed by atoms with E-state index in [9.17, 15) is 23.2 Å². The predicted molar refractivity (Wildman–Crippen MR) is 140 cm³/mol. The molecule has 2 aromatic heterocycles. The van der Waals surface area contributed by atoms with Crippen molar-refractivity contribution < 1.29 is 22.7 Å². The van der Waals surface area contributed by atoms with Crippen LogP contribution in [0.2, 0.25) is 5.02 Å². The molecule has 0 aliphatic heterocycles. The number of nitrogens with zero attached hydrogens (tertiary/aromatic N) is 5. The highest BCUT2D eigenvalue weighted by atomic mass is 35.5. The number of hydrogen-bond acceptors (Lipinski definition) is 5. The van der Waals surface area contributed by atoms with Crippen LogP contribution in [-0.2, 0) is 13.2 Å². The highest BCUT2D eigenvalue weighted by molar-refractivity contribution is 6.63. The fourth-order valence-electron chi connectivity index (χ4n) is 3.49. The molecule has 0 bridgehead atoms. The zero-order valence-corrected chi connectivity index (χ0v) is 23.8. The zero-order valence-electron chi connectivity index (χ0n) is 19.3. The van der Waals surface area contributed by atoms with Gasteiger partial charge in [0, 0.05) is 18.8 Å². The number of carbonyl (C=O) groups is 1. The Morgan fingerprint density at radius 3 is 2.44 bits per heavy atom. The van der Waals surface area contributed by atoms with Crippen molar-refractivity contribution in [3.63, 3.8) is 0 Å². The van der Waals surface area contributed by atoms with Crippen LogP contribution in [0.1, 0.15) is 28.8 Å². The van der Waals surface area contributed by atoms with Crippen molar-refractivity contribution in [3.8, 4) is 28.9 Å². The lowest BCUT2D eigenvalue weighted by molar-refractivity contribution is -0.139. The molecule has 1 amide bonds. The maximum Gasteiger partial charge on any atom is 0.425 e. The standard InChI is InChI=1S/C22H13Cl6F3N6O2/c1-36-19(14(22(29,30)31)18(35-36)39-21(27,28)15(24)16(25)26)37-8-11(7-33-37)10-2-3-13(23)12(6-10)17(38)34-20(9-32)4-5-20/h2-3,6-8H,4-5H2,1H3,(H,34,38). The summed E-state index contributed by atoms with van der Waals surface area (Å²) in [5.74, 6) is -2.13. The van der Waals surface area contributed by atoms with Gasteiger partial charge >= 0.3 is 6.18 Å². The Bertz CT molecular complexity index is 1530. The highest BCUT2D eigenvalue weighted by Gasteiger charge is 2.46. The number of halogens is 9. The van der Waals surface area contributed by atoms with Gasteiger partial charge in [-0.25, -0.2) is 9.36 Å². The molecule has 1 aromatic carbocycles. The number of aryl methyl sites for hydroxylation is 1. The summed E-state index contributed by atoms with van der Waals surface area (Å²) in [6, 6.07) is 6.50. The van der Waals surface area contributed by atoms with Crippen LogP contribution in [-0.4, -0.2) is 35.5 Å². The quantitative estimate of drug-likeness (QED) is 0.272. The van der Waals surface area contributed by atoms with Gasteiger partial charge in [-0.1, -0.05) is 75.7 Å². The van der Waals surface area contributed by atoms with Gasteiger partial charge in [0.1, 0.15) is 15.1 Å². The van der Waals surface area contributed by atoms with Gasteiger partial charge in [0.2, 0.25) is 0 Å². The molecule has 0 unspecified atom stereocenters. The monoisotopic (exact) mass is 660 g/mol. The third kappa shape index (κ3) is 6.06. The first kappa shape index (κ1) is 29.6. The molecule has 1 aliphatic rings. The third-order valence-corrected chi connectivity index (χ3v) is 7.66. The molecule has 0 spiro atoms. The van der Waals surface area contributed by atoms with E-state index >= 15 is 0 Å². The molecule has 206 valence electrons. The van der Waals surface area contributed by atoms with Crippen LogP contribution in [0.5, 0.6) is 5.88 Å². The summed E-state index contributed by atoms with van der Waals surface area (Å²) in [7, 11) is 1.21.